The normalized spacial score (nSPS) is 15.4. The molecular weight excluding hydrogens is 380 g/mol. The smallest absolute Gasteiger partial charge is 0.271 e. The molecule has 0 spiro atoms. The molecule has 2 aromatic carbocycles. The maximum atomic E-state index is 12.8. The first-order valence-electron chi connectivity index (χ1n) is 9.54. The third-order valence-corrected chi connectivity index (χ3v) is 4.88. The van der Waals surface area contributed by atoms with Crippen LogP contribution in [0.4, 0.5) is 0 Å². The van der Waals surface area contributed by atoms with E-state index in [-0.39, 0.29) is 12.1 Å². The summed E-state index contributed by atoms with van der Waals surface area (Å²) in [4.78, 5) is 26.1. The summed E-state index contributed by atoms with van der Waals surface area (Å²) in [6, 6.07) is 17.0. The van der Waals surface area contributed by atoms with Crippen LogP contribution in [-0.2, 0) is 16.2 Å². The van der Waals surface area contributed by atoms with Gasteiger partial charge in [-0.15, -0.1) is 0 Å². The van der Waals surface area contributed by atoms with E-state index in [4.69, 9.17) is 9.47 Å². The molecule has 0 unspecified atom stereocenters. The highest BCUT2D eigenvalue weighted by molar-refractivity contribution is 6.19. The second-order valence-electron chi connectivity index (χ2n) is 6.71. The Bertz CT molecular complexity index is 1080. The van der Waals surface area contributed by atoms with Crippen molar-refractivity contribution in [3.05, 3.63) is 76.4 Å². The fraction of sp³-hybridized carbons (Fsp3) is 0.208. The molecule has 2 amide bonds. The summed E-state index contributed by atoms with van der Waals surface area (Å²) in [6.07, 6.45) is 1.66. The molecule has 6 heteroatoms. The van der Waals surface area contributed by atoms with Crippen molar-refractivity contribution < 1.29 is 19.1 Å². The average molecular weight is 402 g/mol. The van der Waals surface area contributed by atoms with E-state index in [1.165, 1.54) is 0 Å². The van der Waals surface area contributed by atoms with Crippen LogP contribution < -0.4 is 9.47 Å². The van der Waals surface area contributed by atoms with Crippen molar-refractivity contribution in [1.29, 1.82) is 5.26 Å². The van der Waals surface area contributed by atoms with Crippen LogP contribution in [0.2, 0.25) is 0 Å². The summed E-state index contributed by atoms with van der Waals surface area (Å²) in [5, 5.41) is 9.36. The number of amides is 2. The maximum Gasteiger partial charge on any atom is 0.271 e. The van der Waals surface area contributed by atoms with Gasteiger partial charge in [0.05, 0.1) is 7.11 Å². The summed E-state index contributed by atoms with van der Waals surface area (Å²) < 4.78 is 11.3. The highest BCUT2D eigenvalue weighted by Crippen LogP contribution is 2.32. The topological polar surface area (TPSA) is 79.6 Å². The third-order valence-electron chi connectivity index (χ3n) is 4.88. The lowest BCUT2D eigenvalue weighted by atomic mass is 9.93. The van der Waals surface area contributed by atoms with Gasteiger partial charge in [-0.1, -0.05) is 36.4 Å². The van der Waals surface area contributed by atoms with Crippen molar-refractivity contribution >= 4 is 17.9 Å². The quantitative estimate of drug-likeness (QED) is 0.541. The molecule has 6 nitrogen and oxygen atoms in total. The van der Waals surface area contributed by atoms with Crippen LogP contribution in [0.15, 0.2) is 65.3 Å². The lowest BCUT2D eigenvalue weighted by Crippen LogP contribution is -2.42. The molecule has 1 aliphatic rings. The number of nitrogens with zero attached hydrogens (tertiary/aromatic N) is 2. The lowest BCUT2D eigenvalue weighted by molar-refractivity contribution is -0.140. The molecule has 152 valence electrons. The number of hydrogen-bond acceptors (Lipinski definition) is 5. The van der Waals surface area contributed by atoms with Crippen LogP contribution in [0.3, 0.4) is 0 Å². The monoisotopic (exact) mass is 402 g/mol. The Morgan fingerprint density at radius 2 is 1.80 bits per heavy atom. The number of hydrogen-bond donors (Lipinski definition) is 0. The average Bonchev–Trinajstić information content (AvgIpc) is 2.77. The molecule has 0 atom stereocenters. The first-order chi connectivity index (χ1) is 14.5. The molecule has 0 radical (unpaired) electrons. The molecule has 0 aromatic heterocycles. The first-order valence-corrected chi connectivity index (χ1v) is 9.54. The lowest BCUT2D eigenvalue weighted by Gasteiger charge is -2.26. The molecule has 1 heterocycles. The van der Waals surface area contributed by atoms with Crippen molar-refractivity contribution in [2.24, 2.45) is 0 Å². The fourth-order valence-electron chi connectivity index (χ4n) is 3.21. The summed E-state index contributed by atoms with van der Waals surface area (Å²) in [6.45, 7) is 3.91. The van der Waals surface area contributed by atoms with Gasteiger partial charge in [-0.05, 0) is 48.8 Å². The van der Waals surface area contributed by atoms with Crippen molar-refractivity contribution in [2.45, 2.75) is 20.5 Å². The Labute approximate surface area is 175 Å². The minimum Gasteiger partial charge on any atom is -0.493 e. The summed E-state index contributed by atoms with van der Waals surface area (Å²) in [7, 11) is 1.55. The Morgan fingerprint density at radius 3 is 2.43 bits per heavy atom. The zero-order valence-corrected chi connectivity index (χ0v) is 17.1. The van der Waals surface area contributed by atoms with E-state index in [0.29, 0.717) is 34.8 Å². The Balaban J connectivity index is 1.93. The van der Waals surface area contributed by atoms with Crippen LogP contribution in [0.25, 0.3) is 6.08 Å². The van der Waals surface area contributed by atoms with Crippen LogP contribution in [0.1, 0.15) is 25.0 Å². The van der Waals surface area contributed by atoms with Crippen LogP contribution in [-0.4, -0.2) is 30.4 Å². The van der Waals surface area contributed by atoms with E-state index in [0.717, 1.165) is 10.5 Å². The Morgan fingerprint density at radius 1 is 1.07 bits per heavy atom. The molecule has 0 bridgehead atoms. The molecule has 0 saturated carbocycles. The predicted octanol–water partition coefficient (Wildman–Crippen LogP) is 3.89. The number of likely N-dealkylation sites (N-methyl/N-ethyl adjacent to an activating group) is 1. The van der Waals surface area contributed by atoms with Crippen molar-refractivity contribution in [2.75, 3.05) is 13.7 Å². The minimum atomic E-state index is -0.554. The minimum absolute atomic E-state index is 0.0162. The molecular formula is C24H22N2O4. The van der Waals surface area contributed by atoms with Gasteiger partial charge in [-0.3, -0.25) is 14.5 Å². The van der Waals surface area contributed by atoms with E-state index in [9.17, 15) is 14.9 Å². The largest absolute Gasteiger partial charge is 0.493 e. The number of carbonyl (C=O) groups excluding carboxylic acids is 2. The molecule has 3 rings (SSSR count). The summed E-state index contributed by atoms with van der Waals surface area (Å²) in [5.74, 6) is 0.132. The van der Waals surface area contributed by atoms with E-state index in [2.05, 4.69) is 0 Å². The van der Waals surface area contributed by atoms with E-state index in [1.807, 2.05) is 36.4 Å². The molecule has 0 N–H and O–H groups in total. The standard InChI is InChI=1S/C24H22N2O4/c1-4-26-23(27)19(16(2)20(14-25)24(26)28)12-18-10-11-21(22(13-18)29-3)30-15-17-8-6-5-7-9-17/h5-13H,4,15H2,1-3H3/b19-12+. The molecule has 0 saturated heterocycles. The number of nitriles is 1. The van der Waals surface area contributed by atoms with Gasteiger partial charge >= 0.3 is 0 Å². The van der Waals surface area contributed by atoms with Gasteiger partial charge < -0.3 is 9.47 Å². The van der Waals surface area contributed by atoms with Crippen LogP contribution in [0, 0.1) is 11.3 Å². The van der Waals surface area contributed by atoms with Crippen molar-refractivity contribution in [3.8, 4) is 17.6 Å². The molecule has 2 aromatic rings. The Hall–Kier alpha value is -3.85. The summed E-state index contributed by atoms with van der Waals surface area (Å²) >= 11 is 0. The zero-order chi connectivity index (χ0) is 21.7. The van der Waals surface area contributed by atoms with Gasteiger partial charge in [0, 0.05) is 12.1 Å². The number of rotatable bonds is 6. The molecule has 0 aliphatic carbocycles. The molecule has 0 fully saturated rings. The van der Waals surface area contributed by atoms with Crippen molar-refractivity contribution in [3.63, 3.8) is 0 Å². The zero-order valence-electron chi connectivity index (χ0n) is 17.1. The maximum absolute atomic E-state index is 12.8. The van der Waals surface area contributed by atoms with Gasteiger partial charge in [-0.25, -0.2) is 0 Å². The van der Waals surface area contributed by atoms with Crippen LogP contribution >= 0.6 is 0 Å². The number of benzene rings is 2. The summed E-state index contributed by atoms with van der Waals surface area (Å²) in [5.41, 5.74) is 2.41. The van der Waals surface area contributed by atoms with E-state index < -0.39 is 11.8 Å². The van der Waals surface area contributed by atoms with Gasteiger partial charge in [0.15, 0.2) is 11.5 Å². The highest BCUT2D eigenvalue weighted by atomic mass is 16.5. The first kappa shape index (κ1) is 20.9. The number of carbonyl (C=O) groups is 2. The van der Waals surface area contributed by atoms with Crippen molar-refractivity contribution in [1.82, 2.24) is 4.90 Å². The third kappa shape index (κ3) is 4.11. The van der Waals surface area contributed by atoms with Crippen LogP contribution in [0.5, 0.6) is 11.5 Å². The Kier molecular flexibility index (Phi) is 6.33. The highest BCUT2D eigenvalue weighted by Gasteiger charge is 2.34. The molecule has 1 aliphatic heterocycles. The number of methoxy groups -OCH3 is 1. The SMILES string of the molecule is CCN1C(=O)C(C#N)=C(C)/C(=C\c2ccc(OCc3ccccc3)c(OC)c2)C1=O. The number of ether oxygens (including phenoxy) is 2. The van der Waals surface area contributed by atoms with Gasteiger partial charge in [0.1, 0.15) is 18.2 Å². The van der Waals surface area contributed by atoms with Gasteiger partial charge in [-0.2, -0.15) is 5.26 Å². The van der Waals surface area contributed by atoms with E-state index in [1.54, 1.807) is 45.2 Å². The van der Waals surface area contributed by atoms with E-state index >= 15 is 0 Å². The van der Waals surface area contributed by atoms with Gasteiger partial charge in [0.2, 0.25) is 0 Å². The fourth-order valence-corrected chi connectivity index (χ4v) is 3.21. The second-order valence-corrected chi connectivity index (χ2v) is 6.71. The van der Waals surface area contributed by atoms with Gasteiger partial charge in [0.25, 0.3) is 11.8 Å². The molecule has 30 heavy (non-hydrogen) atoms. The predicted molar refractivity (Wildman–Crippen MR) is 112 cm³/mol. The second kappa shape index (κ2) is 9.10. The number of imide groups is 1.